The summed E-state index contributed by atoms with van der Waals surface area (Å²) in [5, 5.41) is 35.9. The first kappa shape index (κ1) is 62.1. The highest BCUT2D eigenvalue weighted by atomic mass is 16.5. The molecule has 7 aliphatic rings. The Labute approximate surface area is 466 Å². The lowest BCUT2D eigenvalue weighted by Gasteiger charge is -2.46. The Balaban J connectivity index is 0.000000173. The molecule has 0 fully saturated rings. The highest BCUT2D eigenvalue weighted by Crippen LogP contribution is 2.57. The van der Waals surface area contributed by atoms with Crippen molar-refractivity contribution in [2.45, 2.75) is 193 Å². The van der Waals surface area contributed by atoms with Crippen LogP contribution in [0.2, 0.25) is 0 Å². The van der Waals surface area contributed by atoms with Gasteiger partial charge >= 0.3 is 11.9 Å². The summed E-state index contributed by atoms with van der Waals surface area (Å²) in [6, 6.07) is 8.62. The van der Waals surface area contributed by atoms with E-state index >= 15 is 0 Å². The number of ketones is 2. The summed E-state index contributed by atoms with van der Waals surface area (Å²) in [5.41, 5.74) is 27.0. The first-order chi connectivity index (χ1) is 37.7. The second-order valence-corrected chi connectivity index (χ2v) is 23.8. The quantitative estimate of drug-likeness (QED) is 0.0370. The number of cyclic esters (lactones) is 2. The molecule has 4 atom stereocenters. The SMILES string of the molecule is CC(C)CCC(=O)CCCOCCN=[N+]=[N-].CC(C)c1ccc2c(c1O)CC[C@H]1C3=C(CC[C@]21C)C(=O)OC3.CC(C)c1ccc2c(c1O)CC[C@H]1C3=C(CC[C@]21C)C(=O)OC3.CC1(CCC(=O)CCCOCCN=[N+]=[N-])N=N1. The van der Waals surface area contributed by atoms with Crippen molar-refractivity contribution in [3.05, 3.63) is 101 Å². The van der Waals surface area contributed by atoms with Gasteiger partial charge in [0.25, 0.3) is 0 Å². The Hall–Kier alpha value is -6.06. The third-order valence-corrected chi connectivity index (χ3v) is 17.2. The molecule has 0 spiro atoms. The fraction of sp³-hybridized carbons (Fsp3) is 0.672. The van der Waals surface area contributed by atoms with Crippen molar-refractivity contribution in [1.82, 2.24) is 0 Å². The maximum Gasteiger partial charge on any atom is 0.334 e. The maximum atomic E-state index is 11.9. The number of azide groups is 2. The molecule has 79 heavy (non-hydrogen) atoms. The lowest BCUT2D eigenvalue weighted by atomic mass is 9.56. The lowest BCUT2D eigenvalue weighted by Crippen LogP contribution is -2.41. The minimum absolute atomic E-state index is 0.00733. The zero-order chi connectivity index (χ0) is 57.5. The summed E-state index contributed by atoms with van der Waals surface area (Å²) in [5.74, 6) is 3.30. The van der Waals surface area contributed by atoms with Crippen LogP contribution >= 0.6 is 0 Å². The first-order valence-corrected chi connectivity index (χ1v) is 28.8. The van der Waals surface area contributed by atoms with E-state index in [1.165, 1.54) is 22.3 Å². The molecule has 0 saturated heterocycles. The summed E-state index contributed by atoms with van der Waals surface area (Å²) in [4.78, 5) is 51.8. The molecule has 0 aromatic heterocycles. The average Bonchev–Trinajstić information content (AvgIpc) is 3.87. The van der Waals surface area contributed by atoms with Gasteiger partial charge in [0.2, 0.25) is 0 Å². The first-order valence-electron chi connectivity index (χ1n) is 28.8. The number of carbonyl (C=O) groups is 4. The normalized spacial score (nSPS) is 22.4. The van der Waals surface area contributed by atoms with E-state index in [4.69, 9.17) is 30.0 Å². The number of fused-ring (bicyclic) bond motifs is 8. The monoisotopic (exact) mass is 1090 g/mol. The Morgan fingerprint density at radius 3 is 1.48 bits per heavy atom. The Kier molecular flexibility index (Phi) is 22.3. The molecule has 430 valence electrons. The number of aromatic hydroxyl groups is 2. The number of esters is 2. The van der Waals surface area contributed by atoms with Gasteiger partial charge in [0.15, 0.2) is 5.66 Å². The standard InChI is InChI=1S/2C20H24O3.C11H21N3O2.C10H17N5O2/c2*1-11(2)12-4-6-16-14(18(12)21)5-7-17-15-10-23-19(22)13(15)8-9-20(16,17)3;1-10(2)5-6-11(15)4-3-8-16-9-7-13-14-12;1-10(13-14-10)5-4-9(16)3-2-7-17-8-6-12-15-11/h2*4,6,11,17,21H,5,7-10H2,1-3H3;10H,3-9H2,1-2H3;2-8H2,1H3/t2*17-,20+;;/m00../s1. The molecule has 3 heterocycles. The number of rotatable bonds is 22. The van der Waals surface area contributed by atoms with Crippen molar-refractivity contribution in [2.24, 2.45) is 38.2 Å². The molecule has 0 saturated carbocycles. The molecule has 0 amide bonds. The van der Waals surface area contributed by atoms with E-state index in [0.29, 0.717) is 138 Å². The van der Waals surface area contributed by atoms with E-state index < -0.39 is 0 Å². The van der Waals surface area contributed by atoms with Gasteiger partial charge in [-0.3, -0.25) is 9.59 Å². The number of Topliss-reactive ketones (excluding diaryl/α,β-unsaturated/α-hetero) is 2. The Morgan fingerprint density at radius 1 is 0.658 bits per heavy atom. The third kappa shape index (κ3) is 15.7. The molecule has 9 rings (SSSR count). The zero-order valence-electron chi connectivity index (χ0n) is 48.4. The van der Waals surface area contributed by atoms with Crippen molar-refractivity contribution in [2.75, 3.05) is 52.7 Å². The van der Waals surface area contributed by atoms with Crippen LogP contribution in [0.1, 0.15) is 197 Å². The van der Waals surface area contributed by atoms with Gasteiger partial charge in [-0.1, -0.05) is 89.9 Å². The van der Waals surface area contributed by atoms with Gasteiger partial charge in [-0.25, -0.2) is 9.59 Å². The molecule has 0 radical (unpaired) electrons. The summed E-state index contributed by atoms with van der Waals surface area (Å²) >= 11 is 0. The van der Waals surface area contributed by atoms with Gasteiger partial charge in [0.05, 0.1) is 13.2 Å². The molecule has 2 aromatic carbocycles. The summed E-state index contributed by atoms with van der Waals surface area (Å²) in [7, 11) is 0. The molecule has 4 aliphatic carbocycles. The summed E-state index contributed by atoms with van der Waals surface area (Å²) in [6.45, 7) is 22.8. The van der Waals surface area contributed by atoms with E-state index in [0.717, 1.165) is 97.6 Å². The maximum absolute atomic E-state index is 11.9. The number of phenols is 2. The summed E-state index contributed by atoms with van der Waals surface area (Å²) in [6.07, 6.45) is 12.7. The van der Waals surface area contributed by atoms with Crippen LogP contribution in [0.3, 0.4) is 0 Å². The Bertz CT molecular complexity index is 2600. The zero-order valence-corrected chi connectivity index (χ0v) is 48.4. The largest absolute Gasteiger partial charge is 0.507 e. The molecule has 3 aliphatic heterocycles. The van der Waals surface area contributed by atoms with Crippen molar-refractivity contribution >= 4 is 23.5 Å². The van der Waals surface area contributed by atoms with Gasteiger partial charge in [-0.2, -0.15) is 10.2 Å². The van der Waals surface area contributed by atoms with Gasteiger partial charge < -0.3 is 29.2 Å². The van der Waals surface area contributed by atoms with Crippen LogP contribution in [0.4, 0.5) is 0 Å². The molecule has 2 N–H and O–H groups in total. The van der Waals surface area contributed by atoms with Crippen LogP contribution in [-0.2, 0) is 61.8 Å². The van der Waals surface area contributed by atoms with Crippen LogP contribution in [0.15, 0.2) is 67.0 Å². The second-order valence-electron chi connectivity index (χ2n) is 23.8. The third-order valence-electron chi connectivity index (χ3n) is 17.2. The number of phenolic OH excluding ortho intramolecular Hbond substituents is 2. The average molecular weight is 1090 g/mol. The van der Waals surface area contributed by atoms with Gasteiger partial charge in [-0.05, 0) is 174 Å². The molecule has 18 nitrogen and oxygen atoms in total. The lowest BCUT2D eigenvalue weighted by molar-refractivity contribution is -0.137. The predicted molar refractivity (Wildman–Crippen MR) is 302 cm³/mol. The van der Waals surface area contributed by atoms with Gasteiger partial charge in [-0.15, -0.1) is 0 Å². The van der Waals surface area contributed by atoms with Crippen molar-refractivity contribution in [3.8, 4) is 11.5 Å². The van der Waals surface area contributed by atoms with E-state index in [9.17, 15) is 29.4 Å². The summed E-state index contributed by atoms with van der Waals surface area (Å²) < 4.78 is 21.0. The number of nitrogens with zero attached hydrogens (tertiary/aromatic N) is 8. The molecule has 18 heteroatoms. The number of benzene rings is 2. The predicted octanol–water partition coefficient (Wildman–Crippen LogP) is 13.7. The smallest absolute Gasteiger partial charge is 0.334 e. The molecule has 0 unspecified atom stereocenters. The molecule has 0 bridgehead atoms. The van der Waals surface area contributed by atoms with Crippen LogP contribution in [0.5, 0.6) is 11.5 Å². The number of ether oxygens (including phenoxy) is 4. The van der Waals surface area contributed by atoms with Crippen LogP contribution < -0.4 is 0 Å². The molecular formula is C61H86N8O10. The highest BCUT2D eigenvalue weighted by molar-refractivity contribution is 5.93. The second kappa shape index (κ2) is 28.4. The van der Waals surface area contributed by atoms with E-state index in [1.807, 2.05) is 6.92 Å². The Morgan fingerprint density at radius 2 is 1.09 bits per heavy atom. The van der Waals surface area contributed by atoms with Crippen LogP contribution in [0, 0.1) is 17.8 Å². The van der Waals surface area contributed by atoms with Crippen molar-refractivity contribution in [1.29, 1.82) is 0 Å². The van der Waals surface area contributed by atoms with Gasteiger partial charge in [0.1, 0.15) is 36.3 Å². The van der Waals surface area contributed by atoms with Crippen LogP contribution in [0.25, 0.3) is 20.9 Å². The fourth-order valence-electron chi connectivity index (χ4n) is 12.5. The van der Waals surface area contributed by atoms with E-state index in [-0.39, 0.29) is 34.2 Å². The van der Waals surface area contributed by atoms with Crippen LogP contribution in [-0.4, -0.2) is 92.1 Å². The number of carbonyl (C=O) groups excluding carboxylic acids is 4. The fourth-order valence-corrected chi connectivity index (χ4v) is 12.5. The van der Waals surface area contributed by atoms with E-state index in [1.54, 1.807) is 0 Å². The van der Waals surface area contributed by atoms with Crippen molar-refractivity contribution in [3.63, 3.8) is 0 Å². The topological polar surface area (TPSA) is 268 Å². The number of hydrogen-bond donors (Lipinski definition) is 2. The van der Waals surface area contributed by atoms with Gasteiger partial charge in [0, 0.05) is 79.4 Å². The minimum Gasteiger partial charge on any atom is -0.507 e. The molecule has 2 aromatic rings. The molecular weight excluding hydrogens is 1000 g/mol. The number of hydrogen-bond acceptors (Lipinski definition) is 14. The van der Waals surface area contributed by atoms with Crippen molar-refractivity contribution < 1.29 is 48.3 Å². The van der Waals surface area contributed by atoms with E-state index in [2.05, 4.69) is 110 Å². The highest BCUT2D eigenvalue weighted by Gasteiger charge is 2.50. The minimum atomic E-state index is -0.276.